The lowest BCUT2D eigenvalue weighted by atomic mass is 10.0. The molecule has 0 bridgehead atoms. The molecule has 0 amide bonds. The number of unbranched alkanes of at least 4 members (excludes halogenated alkanes) is 15. The van der Waals surface area contributed by atoms with Gasteiger partial charge in [-0.3, -0.25) is 18.6 Å². The summed E-state index contributed by atoms with van der Waals surface area (Å²) in [4.78, 5) is 34.4. The third kappa shape index (κ3) is 35.0. The zero-order chi connectivity index (χ0) is 38.4. The number of phosphoric ester groups is 1. The van der Waals surface area contributed by atoms with Crippen LogP contribution in [-0.4, -0.2) is 65.7 Å². The van der Waals surface area contributed by atoms with Crippen molar-refractivity contribution in [1.29, 1.82) is 0 Å². The van der Waals surface area contributed by atoms with Crippen LogP contribution in [-0.2, 0) is 32.7 Å². The smallest absolute Gasteiger partial charge is 0.457 e. The van der Waals surface area contributed by atoms with Crippen molar-refractivity contribution in [3.8, 4) is 0 Å². The Hall–Kier alpha value is -2.07. The zero-order valence-corrected chi connectivity index (χ0v) is 33.4. The van der Waals surface area contributed by atoms with Gasteiger partial charge in [0.05, 0.1) is 26.4 Å². The number of allylic oxidation sites excluding steroid dienone is 8. The first-order chi connectivity index (χ1) is 25.3. The predicted octanol–water partition coefficient (Wildman–Crippen LogP) is 10.2. The van der Waals surface area contributed by atoms with Gasteiger partial charge in [-0.25, -0.2) is 4.57 Å². The molecule has 0 aliphatic carbocycles. The first kappa shape index (κ1) is 49.9. The Morgan fingerprint density at radius 2 is 0.904 bits per heavy atom. The minimum atomic E-state index is -4.64. The van der Waals surface area contributed by atoms with Crippen LogP contribution in [0.4, 0.5) is 0 Å². The summed E-state index contributed by atoms with van der Waals surface area (Å²) in [5.41, 5.74) is 0. The van der Waals surface area contributed by atoms with Crippen LogP contribution in [0, 0.1) is 0 Å². The molecule has 3 unspecified atom stereocenters. The first-order valence-corrected chi connectivity index (χ1v) is 21.6. The summed E-state index contributed by atoms with van der Waals surface area (Å²) in [6.45, 7) is 2.05. The van der Waals surface area contributed by atoms with E-state index in [9.17, 15) is 29.3 Å². The van der Waals surface area contributed by atoms with Crippen LogP contribution in [0.15, 0.2) is 48.6 Å². The topological polar surface area (TPSA) is 149 Å². The maximum Gasteiger partial charge on any atom is 0.472 e. The lowest BCUT2D eigenvalue weighted by Crippen LogP contribution is -2.28. The molecular formula is C41H73O10P. The first-order valence-electron chi connectivity index (χ1n) is 20.1. The fourth-order valence-electron chi connectivity index (χ4n) is 5.22. The van der Waals surface area contributed by atoms with Crippen molar-refractivity contribution in [1.82, 2.24) is 0 Å². The van der Waals surface area contributed by atoms with E-state index in [4.69, 9.17) is 18.5 Å². The van der Waals surface area contributed by atoms with Crippen LogP contribution in [0.1, 0.15) is 162 Å². The van der Waals surface area contributed by atoms with Gasteiger partial charge < -0.3 is 24.6 Å². The molecule has 0 heterocycles. The lowest BCUT2D eigenvalue weighted by Gasteiger charge is -2.20. The van der Waals surface area contributed by atoms with Gasteiger partial charge in [-0.2, -0.15) is 0 Å². The number of hydrogen-bond acceptors (Lipinski definition) is 9. The quantitative estimate of drug-likeness (QED) is 0.0242. The number of hydrogen-bond donors (Lipinski definition) is 3. The summed E-state index contributed by atoms with van der Waals surface area (Å²) >= 11 is 0. The molecule has 0 aliphatic heterocycles. The molecule has 302 valence electrons. The summed E-state index contributed by atoms with van der Waals surface area (Å²) in [7, 11) is -4.64. The van der Waals surface area contributed by atoms with E-state index >= 15 is 0 Å². The number of aliphatic hydroxyl groups excluding tert-OH is 2. The largest absolute Gasteiger partial charge is 0.472 e. The van der Waals surface area contributed by atoms with Gasteiger partial charge in [0, 0.05) is 12.8 Å². The molecule has 0 aromatic rings. The van der Waals surface area contributed by atoms with Crippen molar-refractivity contribution in [3.63, 3.8) is 0 Å². The molecule has 0 spiro atoms. The minimum absolute atomic E-state index is 0.163. The van der Waals surface area contributed by atoms with Gasteiger partial charge in [-0.05, 0) is 51.4 Å². The van der Waals surface area contributed by atoms with Gasteiger partial charge in [0.1, 0.15) is 12.2 Å². The minimum Gasteiger partial charge on any atom is -0.457 e. The van der Waals surface area contributed by atoms with Crippen LogP contribution in [0.2, 0.25) is 0 Å². The maximum absolute atomic E-state index is 12.3. The fourth-order valence-corrected chi connectivity index (χ4v) is 6.01. The average molecular weight is 757 g/mol. The van der Waals surface area contributed by atoms with E-state index in [1.807, 2.05) is 0 Å². The van der Waals surface area contributed by atoms with Crippen molar-refractivity contribution in [2.24, 2.45) is 0 Å². The number of rotatable bonds is 37. The van der Waals surface area contributed by atoms with Crippen molar-refractivity contribution >= 4 is 19.8 Å². The standard InChI is InChI=1S/C41H73O10P/c1-3-5-7-9-11-13-15-17-18-19-20-21-23-25-27-29-31-33-41(45)51-39(35-43)37-49-52(46,47)48-36-38(34-42)50-40(44)32-30-28-26-24-22-16-14-12-10-8-6-4-2/h5,7,11,13,17-18,20-21,38-39,42-43H,3-4,6,8-10,12,14-16,19,22-37H2,1-2H3,(H,46,47)/b7-5-,13-11-,18-17-,21-20-. The molecule has 0 fully saturated rings. The van der Waals surface area contributed by atoms with Gasteiger partial charge in [-0.15, -0.1) is 0 Å². The van der Waals surface area contributed by atoms with Crippen LogP contribution in [0.3, 0.4) is 0 Å². The highest BCUT2D eigenvalue weighted by molar-refractivity contribution is 7.47. The van der Waals surface area contributed by atoms with E-state index in [2.05, 4.69) is 62.5 Å². The Balaban J connectivity index is 4.00. The lowest BCUT2D eigenvalue weighted by molar-refractivity contribution is -0.153. The number of aliphatic hydroxyl groups is 2. The van der Waals surface area contributed by atoms with E-state index in [0.717, 1.165) is 70.6 Å². The number of carbonyl (C=O) groups is 2. The van der Waals surface area contributed by atoms with Crippen molar-refractivity contribution in [2.45, 2.75) is 174 Å². The maximum atomic E-state index is 12.3. The molecule has 0 rings (SSSR count). The Morgan fingerprint density at radius 1 is 0.538 bits per heavy atom. The Labute approximate surface area is 315 Å². The zero-order valence-electron chi connectivity index (χ0n) is 32.5. The Bertz CT molecular complexity index is 1010. The summed E-state index contributed by atoms with van der Waals surface area (Å²) in [5, 5.41) is 19.1. The summed E-state index contributed by atoms with van der Waals surface area (Å²) in [6.07, 6.45) is 38.0. The highest BCUT2D eigenvalue weighted by Crippen LogP contribution is 2.43. The van der Waals surface area contributed by atoms with Crippen molar-refractivity contribution < 1.29 is 47.8 Å². The van der Waals surface area contributed by atoms with E-state index < -0.39 is 58.4 Å². The predicted molar refractivity (Wildman–Crippen MR) is 210 cm³/mol. The van der Waals surface area contributed by atoms with Gasteiger partial charge in [-0.1, -0.05) is 146 Å². The van der Waals surface area contributed by atoms with Gasteiger partial charge in [0.25, 0.3) is 0 Å². The molecule has 0 radical (unpaired) electrons. The van der Waals surface area contributed by atoms with E-state index in [0.29, 0.717) is 12.8 Å². The molecule has 3 N–H and O–H groups in total. The molecule has 52 heavy (non-hydrogen) atoms. The molecule has 0 aromatic carbocycles. The number of ether oxygens (including phenoxy) is 2. The molecule has 3 atom stereocenters. The van der Waals surface area contributed by atoms with E-state index in [1.54, 1.807) is 0 Å². The second-order valence-corrected chi connectivity index (χ2v) is 14.7. The van der Waals surface area contributed by atoms with Crippen molar-refractivity contribution in [3.05, 3.63) is 48.6 Å². The number of carbonyl (C=O) groups excluding carboxylic acids is 2. The van der Waals surface area contributed by atoms with Gasteiger partial charge in [0.2, 0.25) is 0 Å². The van der Waals surface area contributed by atoms with E-state index in [-0.39, 0.29) is 12.8 Å². The second-order valence-electron chi connectivity index (χ2n) is 13.2. The highest BCUT2D eigenvalue weighted by atomic mass is 31.2. The van der Waals surface area contributed by atoms with Crippen molar-refractivity contribution in [2.75, 3.05) is 26.4 Å². The van der Waals surface area contributed by atoms with Gasteiger partial charge in [0.15, 0.2) is 0 Å². The molecular weight excluding hydrogens is 683 g/mol. The number of esters is 2. The van der Waals surface area contributed by atoms with Crippen LogP contribution in [0.25, 0.3) is 0 Å². The normalized spacial score (nSPS) is 14.5. The van der Waals surface area contributed by atoms with Crippen LogP contribution >= 0.6 is 7.82 Å². The number of phosphoric acid groups is 1. The summed E-state index contributed by atoms with van der Waals surface area (Å²) in [6, 6.07) is 0. The average Bonchev–Trinajstić information content (AvgIpc) is 3.13. The highest BCUT2D eigenvalue weighted by Gasteiger charge is 2.27. The molecule has 0 aliphatic rings. The molecule has 0 saturated carbocycles. The Morgan fingerprint density at radius 3 is 1.31 bits per heavy atom. The van der Waals surface area contributed by atoms with E-state index in [1.165, 1.54) is 51.4 Å². The monoisotopic (exact) mass is 756 g/mol. The summed E-state index contributed by atoms with van der Waals surface area (Å²) < 4.78 is 32.5. The molecule has 0 saturated heterocycles. The summed E-state index contributed by atoms with van der Waals surface area (Å²) in [5.74, 6) is -1.04. The van der Waals surface area contributed by atoms with Crippen LogP contribution < -0.4 is 0 Å². The Kier molecular flexibility index (Phi) is 35.8. The molecule has 11 heteroatoms. The second kappa shape index (κ2) is 37.3. The molecule has 10 nitrogen and oxygen atoms in total. The fraction of sp³-hybridized carbons (Fsp3) is 0.756. The third-order valence-electron chi connectivity index (χ3n) is 8.31. The third-order valence-corrected chi connectivity index (χ3v) is 9.26. The SMILES string of the molecule is CC/C=C\C/C=C\C/C=C\C/C=C\CCCCCCC(=O)OC(CO)COP(=O)(O)OCC(CO)OC(=O)CCCCCCCCCCCCCC. The van der Waals surface area contributed by atoms with Gasteiger partial charge >= 0.3 is 19.8 Å². The molecule has 0 aromatic heterocycles. The van der Waals surface area contributed by atoms with Crippen LogP contribution in [0.5, 0.6) is 0 Å².